The highest BCUT2D eigenvalue weighted by Crippen LogP contribution is 2.35. The normalized spacial score (nSPS) is 36.4. The molecule has 0 amide bonds. The molecule has 2 aromatic rings. The molecule has 3 fully saturated rings. The van der Waals surface area contributed by atoms with Gasteiger partial charge in [-0.15, -0.1) is 0 Å². The second kappa shape index (κ2) is 19.2. The van der Waals surface area contributed by atoms with Crippen LogP contribution >= 0.6 is 0 Å². The number of carbonyl (C=O) groups is 1. The third-order valence-corrected chi connectivity index (χ3v) is 9.59. The first-order valence-electron chi connectivity index (χ1n) is 17.6. The van der Waals surface area contributed by atoms with Crippen molar-refractivity contribution >= 4 is 12.0 Å². The van der Waals surface area contributed by atoms with Gasteiger partial charge in [0.25, 0.3) is 0 Å². The van der Waals surface area contributed by atoms with Crippen LogP contribution in [0, 0.1) is 0 Å². The van der Waals surface area contributed by atoms with Gasteiger partial charge in [0.05, 0.1) is 33.0 Å². The largest absolute Gasteiger partial charge is 0.504 e. The topological polar surface area (TPSA) is 313 Å². The highest BCUT2D eigenvalue weighted by atomic mass is 16.8. The molecule has 0 spiro atoms. The van der Waals surface area contributed by atoms with Crippen LogP contribution in [0.25, 0.3) is 6.08 Å². The first-order valence-corrected chi connectivity index (χ1v) is 17.6. The van der Waals surface area contributed by atoms with Crippen LogP contribution in [0.4, 0.5) is 0 Å². The van der Waals surface area contributed by atoms with Crippen LogP contribution in [0.5, 0.6) is 23.0 Å². The lowest BCUT2D eigenvalue weighted by Crippen LogP contribution is -2.66. The summed E-state index contributed by atoms with van der Waals surface area (Å²) < 4.78 is 45.5. The number of hydrogen-bond acceptors (Lipinski definition) is 20. The van der Waals surface area contributed by atoms with Crippen molar-refractivity contribution in [3.8, 4) is 23.0 Å². The number of esters is 1. The van der Waals surface area contributed by atoms with Crippen LogP contribution in [0.15, 0.2) is 42.5 Å². The number of hydrogen-bond donors (Lipinski definition) is 11. The van der Waals surface area contributed by atoms with Gasteiger partial charge in [0.15, 0.2) is 48.0 Å². The molecule has 0 bridgehead atoms. The molecule has 11 N–H and O–H groups in total. The summed E-state index contributed by atoms with van der Waals surface area (Å²) in [5.41, 5.74) is 0.955. The molecule has 3 heterocycles. The van der Waals surface area contributed by atoms with E-state index in [2.05, 4.69) is 0 Å². The van der Waals surface area contributed by atoms with E-state index < -0.39 is 111 Å². The fourth-order valence-corrected chi connectivity index (χ4v) is 6.38. The molecule has 0 aliphatic carbocycles. The molecule has 15 atom stereocenters. The van der Waals surface area contributed by atoms with Gasteiger partial charge in [0, 0.05) is 6.08 Å². The van der Waals surface area contributed by atoms with Crippen LogP contribution in [0.2, 0.25) is 0 Å². The minimum Gasteiger partial charge on any atom is -0.504 e. The van der Waals surface area contributed by atoms with Crippen molar-refractivity contribution in [1.29, 1.82) is 0 Å². The summed E-state index contributed by atoms with van der Waals surface area (Å²) in [5, 5.41) is 114. The Morgan fingerprint density at radius 3 is 2.05 bits per heavy atom. The molecule has 0 radical (unpaired) electrons. The summed E-state index contributed by atoms with van der Waals surface area (Å²) in [6, 6.07) is 8.35. The highest BCUT2D eigenvalue weighted by Gasteiger charge is 2.54. The first-order chi connectivity index (χ1) is 26.7. The predicted molar refractivity (Wildman–Crippen MR) is 185 cm³/mol. The number of phenols is 3. The van der Waals surface area contributed by atoms with Crippen LogP contribution in [-0.4, -0.2) is 181 Å². The Labute approximate surface area is 319 Å². The fourth-order valence-electron chi connectivity index (χ4n) is 6.38. The lowest BCUT2D eigenvalue weighted by Gasteiger charge is -2.48. The number of aromatic hydroxyl groups is 3. The number of benzene rings is 2. The lowest BCUT2D eigenvalue weighted by atomic mass is 9.96. The van der Waals surface area contributed by atoms with E-state index in [9.17, 15) is 61.0 Å². The van der Waals surface area contributed by atoms with Crippen molar-refractivity contribution < 1.29 is 98.9 Å². The number of methoxy groups -OCH3 is 1. The molecular formula is C36H48O20. The summed E-state index contributed by atoms with van der Waals surface area (Å²) in [7, 11) is 1.34. The Morgan fingerprint density at radius 1 is 0.696 bits per heavy atom. The van der Waals surface area contributed by atoms with Crippen LogP contribution < -0.4 is 4.74 Å². The maximum atomic E-state index is 13.2. The molecular weight excluding hydrogens is 752 g/mol. The second-order valence-electron chi connectivity index (χ2n) is 13.4. The molecule has 5 rings (SSSR count). The molecule has 312 valence electrons. The van der Waals surface area contributed by atoms with Gasteiger partial charge in [0.1, 0.15) is 61.0 Å². The Balaban J connectivity index is 1.41. The third kappa shape index (κ3) is 9.86. The zero-order valence-electron chi connectivity index (χ0n) is 30.2. The van der Waals surface area contributed by atoms with Crippen molar-refractivity contribution in [2.24, 2.45) is 0 Å². The van der Waals surface area contributed by atoms with E-state index in [0.717, 1.165) is 6.08 Å². The van der Waals surface area contributed by atoms with E-state index in [4.69, 9.17) is 37.9 Å². The van der Waals surface area contributed by atoms with E-state index >= 15 is 0 Å². The quantitative estimate of drug-likeness (QED) is 0.0519. The van der Waals surface area contributed by atoms with Crippen molar-refractivity contribution in [1.82, 2.24) is 0 Å². The second-order valence-corrected chi connectivity index (χ2v) is 13.4. The minimum absolute atomic E-state index is 0.126. The SMILES string of the molecule is COc1cc(/C=C/C(=O)O[C@H]2[C@H](O[C@@H]3O[C@@H](C)[C@H](O)[C@@H](O)[C@H]3O[C@@H]3O[C@H](CO)[C@H](O)[C@H](O)[C@H]3O)[C@@H](O)[C@H](OCCc3ccc(O)c(O)c3)O[C@@H]2CO)ccc1O. The van der Waals surface area contributed by atoms with E-state index in [1.807, 2.05) is 0 Å². The zero-order chi connectivity index (χ0) is 40.8. The lowest BCUT2D eigenvalue weighted by molar-refractivity contribution is -0.386. The van der Waals surface area contributed by atoms with Gasteiger partial charge in [-0.3, -0.25) is 0 Å². The molecule has 0 aromatic heterocycles. The Kier molecular flexibility index (Phi) is 14.9. The number of aliphatic hydroxyl groups excluding tert-OH is 8. The molecule has 0 saturated carbocycles. The molecule has 3 saturated heterocycles. The average Bonchev–Trinajstić information content (AvgIpc) is 3.18. The number of carbonyl (C=O) groups excluding carboxylic acids is 1. The number of ether oxygens (including phenoxy) is 8. The van der Waals surface area contributed by atoms with Crippen LogP contribution in [0.3, 0.4) is 0 Å². The van der Waals surface area contributed by atoms with Crippen LogP contribution in [0.1, 0.15) is 18.1 Å². The summed E-state index contributed by atoms with van der Waals surface area (Å²) in [5.74, 6) is -1.74. The third-order valence-electron chi connectivity index (χ3n) is 9.59. The van der Waals surface area contributed by atoms with E-state index in [1.165, 1.54) is 56.5 Å². The van der Waals surface area contributed by atoms with Gasteiger partial charge in [-0.25, -0.2) is 4.79 Å². The Bertz CT molecular complexity index is 1620. The van der Waals surface area contributed by atoms with Gasteiger partial charge in [-0.05, 0) is 54.8 Å². The summed E-state index contributed by atoms with van der Waals surface area (Å²) in [4.78, 5) is 13.2. The standard InChI is InChI=1S/C36H48O20/c1-15-25(43)28(46)33(56-35-29(47)27(45)26(44)22(13-37)52-35)36(51-15)55-32-30(48)34(50-10-9-17-3-6-18(39)20(41)11-17)53-23(14-38)31(32)54-24(42)8-5-16-4-7-19(40)21(12-16)49-2/h3-8,11-12,15,22-23,25-41,43-48H,9-10,13-14H2,1-2H3/b8-5+/t15-,22+,23+,25-,26-,27-,28+,29+,30+,31+,32+,33+,34+,35-,36-/m0/s1. The molecule has 0 unspecified atom stereocenters. The molecule has 2 aromatic carbocycles. The van der Waals surface area contributed by atoms with Crippen molar-refractivity contribution in [2.75, 3.05) is 26.9 Å². The van der Waals surface area contributed by atoms with Gasteiger partial charge < -0.3 is 94.1 Å². The smallest absolute Gasteiger partial charge is 0.331 e. The van der Waals surface area contributed by atoms with Gasteiger partial charge in [-0.2, -0.15) is 0 Å². The van der Waals surface area contributed by atoms with E-state index in [-0.39, 0.29) is 36.0 Å². The maximum Gasteiger partial charge on any atom is 0.331 e. The molecule has 56 heavy (non-hydrogen) atoms. The number of rotatable bonds is 14. The molecule has 3 aliphatic rings. The summed E-state index contributed by atoms with van der Waals surface area (Å²) in [6.45, 7) is -0.394. The van der Waals surface area contributed by atoms with Gasteiger partial charge in [0.2, 0.25) is 0 Å². The average molecular weight is 801 g/mol. The van der Waals surface area contributed by atoms with Crippen LogP contribution in [-0.2, 0) is 44.4 Å². The van der Waals surface area contributed by atoms with Gasteiger partial charge in [-0.1, -0.05) is 12.1 Å². The molecule has 3 aliphatic heterocycles. The van der Waals surface area contributed by atoms with Crippen molar-refractivity contribution in [3.63, 3.8) is 0 Å². The monoisotopic (exact) mass is 800 g/mol. The fraction of sp³-hybridized carbons (Fsp3) is 0.583. The number of aliphatic hydroxyl groups is 8. The van der Waals surface area contributed by atoms with E-state index in [0.29, 0.717) is 11.1 Å². The Hall–Kier alpha value is -3.71. The first kappa shape index (κ1) is 43.4. The van der Waals surface area contributed by atoms with Crippen molar-refractivity contribution in [3.05, 3.63) is 53.6 Å². The minimum atomic E-state index is -1.94. The summed E-state index contributed by atoms with van der Waals surface area (Å²) >= 11 is 0. The van der Waals surface area contributed by atoms with E-state index in [1.54, 1.807) is 0 Å². The molecule has 20 nitrogen and oxygen atoms in total. The van der Waals surface area contributed by atoms with Crippen molar-refractivity contribution in [2.45, 2.75) is 105 Å². The Morgan fingerprint density at radius 2 is 1.38 bits per heavy atom. The predicted octanol–water partition coefficient (Wildman–Crippen LogP) is -2.89. The summed E-state index contributed by atoms with van der Waals surface area (Å²) in [6.07, 6.45) is -22.7. The number of phenolic OH excluding ortho intramolecular Hbond substituents is 3. The molecule has 20 heteroatoms. The highest BCUT2D eigenvalue weighted by molar-refractivity contribution is 5.87. The van der Waals surface area contributed by atoms with Gasteiger partial charge >= 0.3 is 5.97 Å². The maximum absolute atomic E-state index is 13.2. The zero-order valence-corrected chi connectivity index (χ0v) is 30.2.